The van der Waals surface area contributed by atoms with Crippen LogP contribution in [0.3, 0.4) is 0 Å². The SMILES string of the molecule is Cc1cc(CC=O)ccc1NC(=O)c1cn(C)c2ccccc12. The van der Waals surface area contributed by atoms with Gasteiger partial charge in [0.1, 0.15) is 6.29 Å². The van der Waals surface area contributed by atoms with Crippen LogP contribution in [0.2, 0.25) is 0 Å². The maximum absolute atomic E-state index is 12.6. The predicted octanol–water partition coefficient (Wildman–Crippen LogP) is 3.48. The average molecular weight is 306 g/mol. The molecule has 0 atom stereocenters. The van der Waals surface area contributed by atoms with Crippen molar-refractivity contribution in [3.63, 3.8) is 0 Å². The summed E-state index contributed by atoms with van der Waals surface area (Å²) in [4.78, 5) is 23.2. The number of aryl methyl sites for hydroxylation is 2. The fourth-order valence-electron chi connectivity index (χ4n) is 2.80. The highest BCUT2D eigenvalue weighted by atomic mass is 16.1. The minimum atomic E-state index is -0.131. The summed E-state index contributed by atoms with van der Waals surface area (Å²) in [5.74, 6) is -0.131. The number of amides is 1. The summed E-state index contributed by atoms with van der Waals surface area (Å²) >= 11 is 0. The number of aldehydes is 1. The zero-order valence-electron chi connectivity index (χ0n) is 13.2. The molecule has 116 valence electrons. The summed E-state index contributed by atoms with van der Waals surface area (Å²) in [6.07, 6.45) is 3.11. The summed E-state index contributed by atoms with van der Waals surface area (Å²) in [6, 6.07) is 13.5. The Balaban J connectivity index is 1.90. The van der Waals surface area contributed by atoms with Crippen LogP contribution < -0.4 is 5.32 Å². The highest BCUT2D eigenvalue weighted by Crippen LogP contribution is 2.23. The average Bonchev–Trinajstić information content (AvgIpc) is 2.88. The van der Waals surface area contributed by atoms with Crippen molar-refractivity contribution in [1.29, 1.82) is 0 Å². The van der Waals surface area contributed by atoms with Crippen molar-refractivity contribution in [2.75, 3.05) is 5.32 Å². The monoisotopic (exact) mass is 306 g/mol. The van der Waals surface area contributed by atoms with E-state index in [-0.39, 0.29) is 5.91 Å². The lowest BCUT2D eigenvalue weighted by atomic mass is 10.1. The largest absolute Gasteiger partial charge is 0.350 e. The van der Waals surface area contributed by atoms with E-state index in [1.54, 1.807) is 0 Å². The first kappa shape index (κ1) is 15.0. The summed E-state index contributed by atoms with van der Waals surface area (Å²) in [5.41, 5.74) is 4.33. The van der Waals surface area contributed by atoms with E-state index in [1.807, 2.05) is 67.2 Å². The number of nitrogens with one attached hydrogen (secondary N) is 1. The number of para-hydroxylation sites is 1. The van der Waals surface area contributed by atoms with E-state index in [0.29, 0.717) is 12.0 Å². The molecule has 4 nitrogen and oxygen atoms in total. The van der Waals surface area contributed by atoms with E-state index in [0.717, 1.165) is 34.0 Å². The van der Waals surface area contributed by atoms with E-state index in [4.69, 9.17) is 0 Å². The Morgan fingerprint density at radius 3 is 2.74 bits per heavy atom. The van der Waals surface area contributed by atoms with Crippen LogP contribution in [0.4, 0.5) is 5.69 Å². The first-order valence-electron chi connectivity index (χ1n) is 7.48. The molecule has 2 aromatic carbocycles. The van der Waals surface area contributed by atoms with Crippen LogP contribution in [0, 0.1) is 6.92 Å². The third-order valence-electron chi connectivity index (χ3n) is 4.00. The van der Waals surface area contributed by atoms with Crippen LogP contribution in [0.1, 0.15) is 21.5 Å². The lowest BCUT2D eigenvalue weighted by molar-refractivity contribution is -0.107. The molecule has 0 bridgehead atoms. The van der Waals surface area contributed by atoms with E-state index >= 15 is 0 Å². The number of hydrogen-bond acceptors (Lipinski definition) is 2. The van der Waals surface area contributed by atoms with Gasteiger partial charge in [-0.25, -0.2) is 0 Å². The molecule has 0 aliphatic rings. The Hall–Kier alpha value is -2.88. The molecule has 1 N–H and O–H groups in total. The second kappa shape index (κ2) is 6.08. The quantitative estimate of drug-likeness (QED) is 0.750. The summed E-state index contributed by atoms with van der Waals surface area (Å²) in [7, 11) is 1.93. The molecule has 0 saturated heterocycles. The van der Waals surface area contributed by atoms with Crippen molar-refractivity contribution >= 4 is 28.8 Å². The van der Waals surface area contributed by atoms with Gasteiger partial charge in [-0.2, -0.15) is 0 Å². The number of nitrogens with zero attached hydrogens (tertiary/aromatic N) is 1. The van der Waals surface area contributed by atoms with Gasteiger partial charge in [0, 0.05) is 36.3 Å². The van der Waals surface area contributed by atoms with Crippen LogP contribution in [0.15, 0.2) is 48.7 Å². The first-order valence-corrected chi connectivity index (χ1v) is 7.48. The van der Waals surface area contributed by atoms with Crippen molar-refractivity contribution in [3.8, 4) is 0 Å². The number of carbonyl (C=O) groups excluding carboxylic acids is 2. The fraction of sp³-hybridized carbons (Fsp3) is 0.158. The van der Waals surface area contributed by atoms with Gasteiger partial charge >= 0.3 is 0 Å². The third-order valence-corrected chi connectivity index (χ3v) is 4.00. The minimum Gasteiger partial charge on any atom is -0.350 e. The smallest absolute Gasteiger partial charge is 0.257 e. The molecule has 0 aliphatic heterocycles. The Morgan fingerprint density at radius 2 is 2.00 bits per heavy atom. The summed E-state index contributed by atoms with van der Waals surface area (Å²) < 4.78 is 1.95. The second-order valence-electron chi connectivity index (χ2n) is 5.65. The van der Waals surface area contributed by atoms with E-state index in [1.165, 1.54) is 0 Å². The maximum atomic E-state index is 12.6. The normalized spacial score (nSPS) is 10.7. The van der Waals surface area contributed by atoms with Gasteiger partial charge in [-0.05, 0) is 30.2 Å². The molecule has 1 heterocycles. The molecule has 0 radical (unpaired) electrons. The van der Waals surface area contributed by atoms with Gasteiger partial charge in [-0.15, -0.1) is 0 Å². The maximum Gasteiger partial charge on any atom is 0.257 e. The number of benzene rings is 2. The van der Waals surface area contributed by atoms with Gasteiger partial charge in [0.25, 0.3) is 5.91 Å². The number of carbonyl (C=O) groups is 2. The van der Waals surface area contributed by atoms with Crippen LogP contribution in [-0.4, -0.2) is 16.8 Å². The van der Waals surface area contributed by atoms with Crippen LogP contribution in [0.5, 0.6) is 0 Å². The van der Waals surface area contributed by atoms with E-state index < -0.39 is 0 Å². The van der Waals surface area contributed by atoms with Gasteiger partial charge < -0.3 is 14.7 Å². The van der Waals surface area contributed by atoms with Gasteiger partial charge in [0.15, 0.2) is 0 Å². The molecular formula is C19H18N2O2. The Kier molecular flexibility index (Phi) is 3.98. The highest BCUT2D eigenvalue weighted by molar-refractivity contribution is 6.13. The Labute approximate surface area is 134 Å². The lowest BCUT2D eigenvalue weighted by Crippen LogP contribution is -2.12. The Morgan fingerprint density at radius 1 is 1.22 bits per heavy atom. The standard InChI is InChI=1S/C19H18N2O2/c1-13-11-14(9-10-22)7-8-17(13)20-19(23)16-12-21(2)18-6-4-3-5-15(16)18/h3-8,10-12H,9H2,1-2H3,(H,20,23). The van der Waals surface area contributed by atoms with Gasteiger partial charge in [0.2, 0.25) is 0 Å². The number of hydrogen-bond donors (Lipinski definition) is 1. The number of anilines is 1. The fourth-order valence-corrected chi connectivity index (χ4v) is 2.80. The highest BCUT2D eigenvalue weighted by Gasteiger charge is 2.14. The number of fused-ring (bicyclic) bond motifs is 1. The van der Waals surface area contributed by atoms with E-state index in [2.05, 4.69) is 5.32 Å². The second-order valence-corrected chi connectivity index (χ2v) is 5.65. The molecule has 1 aromatic heterocycles. The van der Waals surface area contributed by atoms with Crippen LogP contribution >= 0.6 is 0 Å². The number of rotatable bonds is 4. The Bertz CT molecular complexity index is 894. The van der Waals surface area contributed by atoms with Crippen LogP contribution in [-0.2, 0) is 18.3 Å². The molecule has 0 aliphatic carbocycles. The summed E-state index contributed by atoms with van der Waals surface area (Å²) in [5, 5.41) is 3.89. The first-order chi connectivity index (χ1) is 11.1. The molecule has 23 heavy (non-hydrogen) atoms. The van der Waals surface area contributed by atoms with Crippen molar-refractivity contribution in [2.24, 2.45) is 7.05 Å². The topological polar surface area (TPSA) is 51.1 Å². The molecule has 0 fully saturated rings. The zero-order chi connectivity index (χ0) is 16.4. The molecular weight excluding hydrogens is 288 g/mol. The van der Waals surface area contributed by atoms with E-state index in [9.17, 15) is 9.59 Å². The minimum absolute atomic E-state index is 0.131. The zero-order valence-corrected chi connectivity index (χ0v) is 13.2. The number of aromatic nitrogens is 1. The van der Waals surface area contributed by atoms with Gasteiger partial charge in [-0.1, -0.05) is 30.3 Å². The van der Waals surface area contributed by atoms with Crippen molar-refractivity contribution in [3.05, 3.63) is 65.4 Å². The van der Waals surface area contributed by atoms with Crippen molar-refractivity contribution in [2.45, 2.75) is 13.3 Å². The lowest BCUT2D eigenvalue weighted by Gasteiger charge is -2.09. The molecule has 1 amide bonds. The molecule has 0 unspecified atom stereocenters. The predicted molar refractivity (Wildman–Crippen MR) is 91.8 cm³/mol. The van der Waals surface area contributed by atoms with Gasteiger partial charge in [-0.3, -0.25) is 4.79 Å². The molecule has 0 saturated carbocycles. The molecule has 3 aromatic rings. The molecule has 0 spiro atoms. The van der Waals surface area contributed by atoms with Crippen LogP contribution in [0.25, 0.3) is 10.9 Å². The molecule has 3 rings (SSSR count). The van der Waals surface area contributed by atoms with Gasteiger partial charge in [0.05, 0.1) is 5.56 Å². The molecule has 4 heteroatoms. The summed E-state index contributed by atoms with van der Waals surface area (Å²) in [6.45, 7) is 1.92. The third kappa shape index (κ3) is 2.88. The van der Waals surface area contributed by atoms with Crippen molar-refractivity contribution < 1.29 is 9.59 Å². The van der Waals surface area contributed by atoms with Crippen molar-refractivity contribution in [1.82, 2.24) is 4.57 Å².